The largest absolute Gasteiger partial charge is 0.385 e. The molecule has 5 heteroatoms. The van der Waals surface area contributed by atoms with Gasteiger partial charge in [-0.1, -0.05) is 0 Å². The van der Waals surface area contributed by atoms with Crippen molar-refractivity contribution in [1.29, 1.82) is 0 Å². The third-order valence-electron chi connectivity index (χ3n) is 2.44. The van der Waals surface area contributed by atoms with Crippen LogP contribution in [-0.2, 0) is 14.3 Å². The van der Waals surface area contributed by atoms with Crippen LogP contribution in [0, 0.1) is 0 Å². The van der Waals surface area contributed by atoms with Crippen molar-refractivity contribution < 1.29 is 14.3 Å². The predicted octanol–water partition coefficient (Wildman–Crippen LogP) is 0.235. The molecule has 0 fully saturated rings. The fraction of sp³-hybridized carbons (Fsp3) is 0.909. The fourth-order valence-corrected chi connectivity index (χ4v) is 1.43. The van der Waals surface area contributed by atoms with Crippen LogP contribution < -0.4 is 5.73 Å². The van der Waals surface area contributed by atoms with E-state index < -0.39 is 6.04 Å². The second kappa shape index (κ2) is 9.57. The maximum atomic E-state index is 11.9. The molecule has 0 aliphatic rings. The van der Waals surface area contributed by atoms with Gasteiger partial charge in [-0.3, -0.25) is 4.79 Å². The van der Waals surface area contributed by atoms with Crippen LogP contribution in [0.1, 0.15) is 19.8 Å². The summed E-state index contributed by atoms with van der Waals surface area (Å²) in [4.78, 5) is 13.6. The van der Waals surface area contributed by atoms with Crippen LogP contribution in [0.2, 0.25) is 0 Å². The number of amides is 1. The Morgan fingerprint density at radius 1 is 1.31 bits per heavy atom. The van der Waals surface area contributed by atoms with E-state index >= 15 is 0 Å². The van der Waals surface area contributed by atoms with Crippen LogP contribution in [0.4, 0.5) is 0 Å². The first-order chi connectivity index (χ1) is 7.67. The average Bonchev–Trinajstić information content (AvgIpc) is 2.30. The van der Waals surface area contributed by atoms with E-state index in [4.69, 9.17) is 15.2 Å². The molecule has 16 heavy (non-hydrogen) atoms. The summed E-state index contributed by atoms with van der Waals surface area (Å²) in [6, 6.07) is -0.424. The van der Waals surface area contributed by atoms with Crippen LogP contribution in [0.3, 0.4) is 0 Å². The molecular weight excluding hydrogens is 208 g/mol. The Labute approximate surface area is 97.9 Å². The summed E-state index contributed by atoms with van der Waals surface area (Å²) in [6.45, 7) is 4.40. The molecule has 0 saturated carbocycles. The monoisotopic (exact) mass is 232 g/mol. The topological polar surface area (TPSA) is 64.8 Å². The zero-order valence-corrected chi connectivity index (χ0v) is 10.6. The minimum absolute atomic E-state index is 0.00402. The second-order valence-corrected chi connectivity index (χ2v) is 3.65. The van der Waals surface area contributed by atoms with Crippen molar-refractivity contribution in [2.45, 2.75) is 25.8 Å². The quantitative estimate of drug-likeness (QED) is 0.578. The molecule has 0 aliphatic heterocycles. The lowest BCUT2D eigenvalue weighted by molar-refractivity contribution is -0.133. The first kappa shape index (κ1) is 15.3. The third-order valence-corrected chi connectivity index (χ3v) is 2.44. The molecule has 5 nitrogen and oxygen atoms in total. The van der Waals surface area contributed by atoms with Crippen molar-refractivity contribution in [3.8, 4) is 0 Å². The summed E-state index contributed by atoms with van der Waals surface area (Å²) in [5.41, 5.74) is 5.82. The minimum Gasteiger partial charge on any atom is -0.385 e. The highest BCUT2D eigenvalue weighted by Crippen LogP contribution is 2.01. The Kier molecular flexibility index (Phi) is 9.18. The molecule has 0 spiro atoms. The van der Waals surface area contributed by atoms with Gasteiger partial charge in [-0.15, -0.1) is 0 Å². The Bertz CT molecular complexity index is 188. The molecule has 0 rings (SSSR count). The number of rotatable bonds is 9. The van der Waals surface area contributed by atoms with Gasteiger partial charge < -0.3 is 20.1 Å². The summed E-state index contributed by atoms with van der Waals surface area (Å²) in [5, 5.41) is 0. The number of methoxy groups -OCH3 is 2. The molecule has 0 bridgehead atoms. The number of ether oxygens (including phenoxy) is 2. The lowest BCUT2D eigenvalue weighted by Gasteiger charge is -2.23. The lowest BCUT2D eigenvalue weighted by atomic mass is 10.1. The van der Waals surface area contributed by atoms with Gasteiger partial charge in [0.25, 0.3) is 0 Å². The van der Waals surface area contributed by atoms with E-state index in [9.17, 15) is 4.79 Å². The Morgan fingerprint density at radius 2 is 1.94 bits per heavy atom. The van der Waals surface area contributed by atoms with Crippen molar-refractivity contribution in [1.82, 2.24) is 4.90 Å². The van der Waals surface area contributed by atoms with Crippen molar-refractivity contribution in [3.63, 3.8) is 0 Å². The fourth-order valence-electron chi connectivity index (χ4n) is 1.43. The Hall–Kier alpha value is -0.650. The van der Waals surface area contributed by atoms with Gasteiger partial charge >= 0.3 is 0 Å². The highest BCUT2D eigenvalue weighted by molar-refractivity contribution is 5.81. The van der Waals surface area contributed by atoms with Gasteiger partial charge in [-0.2, -0.15) is 0 Å². The maximum Gasteiger partial charge on any atom is 0.239 e. The van der Waals surface area contributed by atoms with Gasteiger partial charge in [0.15, 0.2) is 0 Å². The van der Waals surface area contributed by atoms with Gasteiger partial charge in [0, 0.05) is 33.9 Å². The number of likely N-dealkylation sites (N-methyl/N-ethyl adjacent to an activating group) is 1. The van der Waals surface area contributed by atoms with Gasteiger partial charge in [0.1, 0.15) is 0 Å². The van der Waals surface area contributed by atoms with Crippen molar-refractivity contribution in [2.75, 3.05) is 40.5 Å². The van der Waals surface area contributed by atoms with Gasteiger partial charge in [0.2, 0.25) is 5.91 Å². The highest BCUT2D eigenvalue weighted by atomic mass is 16.5. The summed E-state index contributed by atoms with van der Waals surface area (Å²) in [6.07, 6.45) is 1.47. The van der Waals surface area contributed by atoms with Crippen molar-refractivity contribution >= 4 is 5.91 Å². The molecule has 0 aromatic heterocycles. The van der Waals surface area contributed by atoms with Gasteiger partial charge in [0.05, 0.1) is 12.6 Å². The normalized spacial score (nSPS) is 12.5. The molecule has 0 radical (unpaired) electrons. The number of nitrogens with zero attached hydrogens (tertiary/aromatic N) is 1. The Balaban J connectivity index is 3.95. The van der Waals surface area contributed by atoms with Crippen LogP contribution >= 0.6 is 0 Å². The van der Waals surface area contributed by atoms with Crippen LogP contribution in [0.15, 0.2) is 0 Å². The molecule has 0 heterocycles. The predicted molar refractivity (Wildman–Crippen MR) is 63.2 cm³/mol. The molecule has 1 amide bonds. The van der Waals surface area contributed by atoms with Gasteiger partial charge in [-0.25, -0.2) is 0 Å². The van der Waals surface area contributed by atoms with E-state index in [1.165, 1.54) is 0 Å². The van der Waals surface area contributed by atoms with Crippen LogP contribution in [-0.4, -0.2) is 57.4 Å². The standard InChI is InChI=1S/C11H24N2O3/c1-4-13(7-9-16-3)11(14)10(12)6-5-8-15-2/h10H,4-9,12H2,1-3H3. The second-order valence-electron chi connectivity index (χ2n) is 3.65. The third kappa shape index (κ3) is 6.05. The first-order valence-electron chi connectivity index (χ1n) is 5.69. The van der Waals surface area contributed by atoms with Gasteiger partial charge in [-0.05, 0) is 19.8 Å². The average molecular weight is 232 g/mol. The lowest BCUT2D eigenvalue weighted by Crippen LogP contribution is -2.45. The number of hydrogen-bond acceptors (Lipinski definition) is 4. The summed E-state index contributed by atoms with van der Waals surface area (Å²) in [5.74, 6) is -0.00402. The molecule has 0 aliphatic carbocycles. The van der Waals surface area contributed by atoms with E-state index in [1.807, 2.05) is 6.92 Å². The SMILES string of the molecule is CCN(CCOC)C(=O)C(N)CCCOC. The maximum absolute atomic E-state index is 11.9. The first-order valence-corrected chi connectivity index (χ1v) is 5.69. The van der Waals surface area contributed by atoms with Crippen molar-refractivity contribution in [2.24, 2.45) is 5.73 Å². The summed E-state index contributed by atoms with van der Waals surface area (Å²) >= 11 is 0. The van der Waals surface area contributed by atoms with E-state index in [2.05, 4.69) is 0 Å². The molecular formula is C11H24N2O3. The molecule has 2 N–H and O–H groups in total. The van der Waals surface area contributed by atoms with Crippen LogP contribution in [0.25, 0.3) is 0 Å². The Morgan fingerprint density at radius 3 is 2.44 bits per heavy atom. The molecule has 1 atom stereocenters. The number of hydrogen-bond donors (Lipinski definition) is 1. The van der Waals surface area contributed by atoms with Crippen LogP contribution in [0.5, 0.6) is 0 Å². The number of nitrogens with two attached hydrogens (primary N) is 1. The molecule has 0 aromatic rings. The smallest absolute Gasteiger partial charge is 0.239 e. The number of carbonyl (C=O) groups is 1. The zero-order valence-electron chi connectivity index (χ0n) is 10.6. The van der Waals surface area contributed by atoms with Crippen molar-refractivity contribution in [3.05, 3.63) is 0 Å². The highest BCUT2D eigenvalue weighted by Gasteiger charge is 2.18. The summed E-state index contributed by atoms with van der Waals surface area (Å²) in [7, 11) is 3.26. The number of carbonyl (C=O) groups excluding carboxylic acids is 1. The molecule has 96 valence electrons. The van der Waals surface area contributed by atoms with E-state index in [-0.39, 0.29) is 5.91 Å². The minimum atomic E-state index is -0.424. The van der Waals surface area contributed by atoms with E-state index in [1.54, 1.807) is 19.1 Å². The van der Waals surface area contributed by atoms with E-state index in [0.717, 1.165) is 6.42 Å². The molecule has 0 aromatic carbocycles. The molecule has 0 saturated heterocycles. The van der Waals surface area contributed by atoms with E-state index in [0.29, 0.717) is 32.7 Å². The zero-order chi connectivity index (χ0) is 12.4. The summed E-state index contributed by atoms with van der Waals surface area (Å²) < 4.78 is 9.87. The molecule has 1 unspecified atom stereocenters.